The van der Waals surface area contributed by atoms with E-state index in [-0.39, 0.29) is 23.9 Å². The summed E-state index contributed by atoms with van der Waals surface area (Å²) >= 11 is 1.88. The van der Waals surface area contributed by atoms with Gasteiger partial charge in [0.05, 0.1) is 0 Å². The summed E-state index contributed by atoms with van der Waals surface area (Å²) in [7, 11) is 0. The first-order valence-electron chi connectivity index (χ1n) is 8.48. The highest BCUT2D eigenvalue weighted by molar-refractivity contribution is 7.99. The molecule has 1 fully saturated rings. The average Bonchev–Trinajstić information content (AvgIpc) is 3.11. The van der Waals surface area contributed by atoms with Crippen molar-refractivity contribution in [1.82, 2.24) is 25.8 Å². The topological polar surface area (TPSA) is 92.9 Å². The third kappa shape index (κ3) is 4.79. The van der Waals surface area contributed by atoms with E-state index in [1.807, 2.05) is 37.7 Å². The van der Waals surface area contributed by atoms with Crippen LogP contribution < -0.4 is 10.6 Å². The van der Waals surface area contributed by atoms with Crippen molar-refractivity contribution < 1.29 is 9.32 Å². The molecule has 2 atom stereocenters. The second-order valence-electron chi connectivity index (χ2n) is 6.42. The van der Waals surface area contributed by atoms with E-state index < -0.39 is 0 Å². The number of carbonyl (C=O) groups is 1. The van der Waals surface area contributed by atoms with Crippen molar-refractivity contribution >= 4 is 17.7 Å². The molecule has 0 saturated carbocycles. The summed E-state index contributed by atoms with van der Waals surface area (Å²) in [5.74, 6) is 3.11. The first kappa shape index (κ1) is 17.9. The van der Waals surface area contributed by atoms with Crippen molar-refractivity contribution in [1.29, 1.82) is 0 Å². The normalized spacial score (nSPS) is 18.9. The zero-order valence-electron chi connectivity index (χ0n) is 14.4. The summed E-state index contributed by atoms with van der Waals surface area (Å²) in [6.07, 6.45) is 3.84. The first-order chi connectivity index (χ1) is 12.1. The molecule has 0 bridgehead atoms. The minimum Gasteiger partial charge on any atom is -0.344 e. The molecule has 3 heterocycles. The summed E-state index contributed by atoms with van der Waals surface area (Å²) in [6, 6.07) is 3.61. The van der Waals surface area contributed by atoms with Crippen molar-refractivity contribution in [2.75, 3.05) is 18.1 Å². The molecule has 25 heavy (non-hydrogen) atoms. The lowest BCUT2D eigenvalue weighted by atomic mass is 10.0. The van der Waals surface area contributed by atoms with Crippen LogP contribution in [0.5, 0.6) is 0 Å². The Kier molecular flexibility index (Phi) is 6.04. The maximum atomic E-state index is 12.4. The molecule has 0 aromatic carbocycles. The minimum absolute atomic E-state index is 0.000159. The van der Waals surface area contributed by atoms with Crippen LogP contribution in [0.1, 0.15) is 32.2 Å². The van der Waals surface area contributed by atoms with Crippen LogP contribution in [0.2, 0.25) is 0 Å². The second kappa shape index (κ2) is 8.44. The van der Waals surface area contributed by atoms with E-state index in [2.05, 4.69) is 25.8 Å². The zero-order chi connectivity index (χ0) is 17.6. The molecule has 2 unspecified atom stereocenters. The Morgan fingerprint density at radius 3 is 3.08 bits per heavy atom. The molecule has 2 N–H and O–H groups in total. The SMILES string of the molecule is CC(C)C(NC(=O)CC1CSCCN1)c1nc(-c2cccnc2)no1. The molecular formula is C17H23N5O2S. The van der Waals surface area contributed by atoms with Crippen molar-refractivity contribution in [2.45, 2.75) is 32.4 Å². The highest BCUT2D eigenvalue weighted by Gasteiger charge is 2.26. The van der Waals surface area contributed by atoms with Gasteiger partial charge in [-0.05, 0) is 18.1 Å². The van der Waals surface area contributed by atoms with Gasteiger partial charge in [0, 0.05) is 48.5 Å². The van der Waals surface area contributed by atoms with Crippen molar-refractivity contribution in [3.05, 3.63) is 30.4 Å². The lowest BCUT2D eigenvalue weighted by molar-refractivity contribution is -0.122. The predicted octanol–water partition coefficient (Wildman–Crippen LogP) is 2.04. The van der Waals surface area contributed by atoms with E-state index >= 15 is 0 Å². The van der Waals surface area contributed by atoms with Gasteiger partial charge in [-0.1, -0.05) is 19.0 Å². The molecule has 8 heteroatoms. The van der Waals surface area contributed by atoms with E-state index in [1.54, 1.807) is 12.4 Å². The maximum absolute atomic E-state index is 12.4. The van der Waals surface area contributed by atoms with Crippen LogP contribution in [0.4, 0.5) is 0 Å². The Labute approximate surface area is 151 Å². The molecule has 7 nitrogen and oxygen atoms in total. The Bertz CT molecular complexity index is 685. The Morgan fingerprint density at radius 2 is 2.40 bits per heavy atom. The van der Waals surface area contributed by atoms with Crippen LogP contribution in [0.3, 0.4) is 0 Å². The highest BCUT2D eigenvalue weighted by Crippen LogP contribution is 2.23. The summed E-state index contributed by atoms with van der Waals surface area (Å²) < 4.78 is 5.41. The number of hydrogen-bond donors (Lipinski definition) is 2. The molecule has 0 aliphatic carbocycles. The molecule has 1 aliphatic rings. The molecule has 2 aromatic rings. The van der Waals surface area contributed by atoms with Crippen molar-refractivity contribution in [3.63, 3.8) is 0 Å². The molecule has 3 rings (SSSR count). The van der Waals surface area contributed by atoms with E-state index in [0.29, 0.717) is 18.1 Å². The number of thioether (sulfide) groups is 1. The van der Waals surface area contributed by atoms with Gasteiger partial charge >= 0.3 is 0 Å². The highest BCUT2D eigenvalue weighted by atomic mass is 32.2. The molecule has 2 aromatic heterocycles. The number of carbonyl (C=O) groups excluding carboxylic acids is 1. The number of hydrogen-bond acceptors (Lipinski definition) is 7. The van der Waals surface area contributed by atoms with E-state index in [0.717, 1.165) is 23.6 Å². The van der Waals surface area contributed by atoms with E-state index in [4.69, 9.17) is 4.52 Å². The Morgan fingerprint density at radius 1 is 1.52 bits per heavy atom. The average molecular weight is 361 g/mol. The van der Waals surface area contributed by atoms with Gasteiger partial charge in [-0.25, -0.2) is 0 Å². The summed E-state index contributed by atoms with van der Waals surface area (Å²) in [5.41, 5.74) is 0.787. The van der Waals surface area contributed by atoms with Gasteiger partial charge in [0.15, 0.2) is 0 Å². The van der Waals surface area contributed by atoms with Gasteiger partial charge < -0.3 is 15.2 Å². The summed E-state index contributed by atoms with van der Waals surface area (Å²) in [6.45, 7) is 5.00. The lowest BCUT2D eigenvalue weighted by Crippen LogP contribution is -2.42. The molecular weight excluding hydrogens is 338 g/mol. The quantitative estimate of drug-likeness (QED) is 0.813. The summed E-state index contributed by atoms with van der Waals surface area (Å²) in [5, 5.41) is 10.4. The van der Waals surface area contributed by atoms with Gasteiger partial charge in [0.2, 0.25) is 17.6 Å². The van der Waals surface area contributed by atoms with Gasteiger partial charge in [-0.15, -0.1) is 0 Å². The largest absolute Gasteiger partial charge is 0.344 e. The predicted molar refractivity (Wildman–Crippen MR) is 97.0 cm³/mol. The molecule has 0 spiro atoms. The number of nitrogens with one attached hydrogen (secondary N) is 2. The fourth-order valence-corrected chi connectivity index (χ4v) is 3.64. The monoisotopic (exact) mass is 361 g/mol. The lowest BCUT2D eigenvalue weighted by Gasteiger charge is -2.24. The van der Waals surface area contributed by atoms with Crippen LogP contribution in [-0.2, 0) is 4.79 Å². The van der Waals surface area contributed by atoms with Crippen molar-refractivity contribution in [2.24, 2.45) is 5.92 Å². The van der Waals surface area contributed by atoms with Crippen LogP contribution in [0, 0.1) is 5.92 Å². The van der Waals surface area contributed by atoms with Gasteiger partial charge in [0.25, 0.3) is 0 Å². The van der Waals surface area contributed by atoms with E-state index in [9.17, 15) is 4.79 Å². The van der Waals surface area contributed by atoms with Gasteiger partial charge in [-0.2, -0.15) is 16.7 Å². The van der Waals surface area contributed by atoms with Gasteiger partial charge in [-0.3, -0.25) is 9.78 Å². The number of pyridine rings is 1. The Balaban J connectivity index is 1.66. The van der Waals surface area contributed by atoms with E-state index in [1.165, 1.54) is 0 Å². The van der Waals surface area contributed by atoms with Crippen LogP contribution in [0.15, 0.2) is 29.0 Å². The number of aromatic nitrogens is 3. The fraction of sp³-hybridized carbons (Fsp3) is 0.529. The number of rotatable bonds is 6. The molecule has 1 amide bonds. The van der Waals surface area contributed by atoms with Crippen LogP contribution in [0.25, 0.3) is 11.4 Å². The zero-order valence-corrected chi connectivity index (χ0v) is 15.3. The maximum Gasteiger partial charge on any atom is 0.249 e. The second-order valence-corrected chi connectivity index (χ2v) is 7.57. The molecule has 0 radical (unpaired) electrons. The van der Waals surface area contributed by atoms with Crippen LogP contribution >= 0.6 is 11.8 Å². The standard InChI is InChI=1S/C17H23N5O2S/c1-11(2)15(20-14(23)8-13-10-25-7-6-19-13)17-21-16(22-24-17)12-4-3-5-18-9-12/h3-5,9,11,13,15,19H,6-8,10H2,1-2H3,(H,20,23). The number of nitrogens with zero attached hydrogens (tertiary/aromatic N) is 3. The van der Waals surface area contributed by atoms with Crippen molar-refractivity contribution in [3.8, 4) is 11.4 Å². The Hall–Kier alpha value is -1.93. The first-order valence-corrected chi connectivity index (χ1v) is 9.63. The minimum atomic E-state index is -0.304. The molecule has 1 saturated heterocycles. The molecule has 1 aliphatic heterocycles. The number of amides is 1. The summed E-state index contributed by atoms with van der Waals surface area (Å²) in [4.78, 5) is 20.9. The van der Waals surface area contributed by atoms with Gasteiger partial charge in [0.1, 0.15) is 6.04 Å². The fourth-order valence-electron chi connectivity index (χ4n) is 2.69. The smallest absolute Gasteiger partial charge is 0.249 e. The van der Waals surface area contributed by atoms with Crippen LogP contribution in [-0.4, -0.2) is 45.1 Å². The molecule has 134 valence electrons. The third-order valence-electron chi connectivity index (χ3n) is 4.04. The third-order valence-corrected chi connectivity index (χ3v) is 5.17.